The molecule has 0 heterocycles. The fourth-order valence-corrected chi connectivity index (χ4v) is 3.83. The van der Waals surface area contributed by atoms with E-state index in [-0.39, 0.29) is 30.0 Å². The maximum Gasteiger partial charge on any atom is 0.277 e. The normalized spacial score (nSPS) is 10.9. The van der Waals surface area contributed by atoms with Crippen LogP contribution < -0.4 is 0 Å². The maximum atomic E-state index is 12.8. The molecule has 0 radical (unpaired) electrons. The molecular weight excluding hydrogens is 384 g/mol. The number of rotatable bonds is 6. The minimum Gasteiger partial charge on any atom is -0.299 e. The summed E-state index contributed by atoms with van der Waals surface area (Å²) in [6.45, 7) is 0. The van der Waals surface area contributed by atoms with E-state index < -0.39 is 9.85 Å². The third-order valence-corrected chi connectivity index (χ3v) is 5.15. The third-order valence-electron chi connectivity index (χ3n) is 5.15. The van der Waals surface area contributed by atoms with E-state index >= 15 is 0 Å². The van der Waals surface area contributed by atoms with Gasteiger partial charge in [-0.05, 0) is 34.0 Å². The molecule has 0 saturated carbocycles. The van der Waals surface area contributed by atoms with E-state index in [4.69, 9.17) is 0 Å². The van der Waals surface area contributed by atoms with Crippen molar-refractivity contribution >= 4 is 38.7 Å². The molecule has 0 fully saturated rings. The summed E-state index contributed by atoms with van der Waals surface area (Å²) >= 11 is 0. The van der Waals surface area contributed by atoms with Crippen LogP contribution in [0.4, 0.5) is 11.4 Å². The van der Waals surface area contributed by atoms with Crippen LogP contribution in [0.15, 0.2) is 72.8 Å². The number of carbonyl (C=O) groups is 1. The molecule has 0 aromatic heterocycles. The van der Waals surface area contributed by atoms with E-state index in [1.54, 1.807) is 60.7 Å². The van der Waals surface area contributed by atoms with Crippen LogP contribution in [0.25, 0.3) is 21.5 Å². The van der Waals surface area contributed by atoms with Crippen LogP contribution in [-0.2, 0) is 17.6 Å². The number of hydrogen-bond donors (Lipinski definition) is 0. The zero-order valence-electron chi connectivity index (χ0n) is 15.8. The Morgan fingerprint density at radius 2 is 0.967 bits per heavy atom. The Hall–Kier alpha value is -4.13. The van der Waals surface area contributed by atoms with E-state index in [1.807, 2.05) is 0 Å². The quantitative estimate of drug-likeness (QED) is 0.328. The first-order valence-corrected chi connectivity index (χ1v) is 9.27. The van der Waals surface area contributed by atoms with Gasteiger partial charge in [0.1, 0.15) is 5.78 Å². The number of Topliss-reactive ketones (excluding diaryl/α,β-unsaturated/α-hetero) is 1. The number of ketones is 1. The first kappa shape index (κ1) is 19.2. The standard InChI is InChI=1S/C23H16N2O5/c26-17(13-15-5-1-9-20-18(15)7-3-11-22(20)24(27)28)14-16-6-2-10-21-19(16)8-4-12-23(21)25(29)30/h1-12H,13-14H2. The van der Waals surface area contributed by atoms with Gasteiger partial charge in [-0.15, -0.1) is 0 Å². The third kappa shape index (κ3) is 3.48. The second-order valence-corrected chi connectivity index (χ2v) is 6.99. The summed E-state index contributed by atoms with van der Waals surface area (Å²) in [6, 6.07) is 20.0. The number of nitro benzene ring substituents is 2. The molecule has 7 heteroatoms. The van der Waals surface area contributed by atoms with Gasteiger partial charge in [-0.3, -0.25) is 25.0 Å². The van der Waals surface area contributed by atoms with E-state index in [1.165, 1.54) is 12.1 Å². The highest BCUT2D eigenvalue weighted by atomic mass is 16.6. The number of nitro groups is 2. The highest BCUT2D eigenvalue weighted by Crippen LogP contribution is 2.30. The van der Waals surface area contributed by atoms with Crippen LogP contribution >= 0.6 is 0 Å². The van der Waals surface area contributed by atoms with Gasteiger partial charge in [-0.1, -0.05) is 48.5 Å². The number of hydrogen-bond acceptors (Lipinski definition) is 5. The SMILES string of the molecule is O=C(Cc1cccc2c([N+](=O)[O-])cccc12)Cc1cccc2c([N+](=O)[O-])cccc12. The van der Waals surface area contributed by atoms with Crippen LogP contribution in [0.3, 0.4) is 0 Å². The smallest absolute Gasteiger partial charge is 0.277 e. The number of fused-ring (bicyclic) bond motifs is 2. The molecule has 0 saturated heterocycles. The van der Waals surface area contributed by atoms with Gasteiger partial charge in [-0.2, -0.15) is 0 Å². The largest absolute Gasteiger partial charge is 0.299 e. The number of nitrogens with zero attached hydrogens (tertiary/aromatic N) is 2. The molecule has 0 N–H and O–H groups in total. The molecule has 0 unspecified atom stereocenters. The Labute approximate surface area is 170 Å². The maximum absolute atomic E-state index is 12.8. The first-order valence-electron chi connectivity index (χ1n) is 9.27. The van der Waals surface area contributed by atoms with Crippen molar-refractivity contribution in [3.63, 3.8) is 0 Å². The highest BCUT2D eigenvalue weighted by Gasteiger charge is 2.17. The lowest BCUT2D eigenvalue weighted by Gasteiger charge is -2.09. The van der Waals surface area contributed by atoms with Crippen molar-refractivity contribution in [2.75, 3.05) is 0 Å². The highest BCUT2D eigenvalue weighted by molar-refractivity contribution is 5.98. The van der Waals surface area contributed by atoms with Crippen molar-refractivity contribution < 1.29 is 14.6 Å². The average molecular weight is 400 g/mol. The topological polar surface area (TPSA) is 103 Å². The molecule has 148 valence electrons. The monoisotopic (exact) mass is 400 g/mol. The van der Waals surface area contributed by atoms with Gasteiger partial charge in [0.2, 0.25) is 0 Å². The van der Waals surface area contributed by atoms with Gasteiger partial charge in [0.25, 0.3) is 11.4 Å². The molecule has 7 nitrogen and oxygen atoms in total. The van der Waals surface area contributed by atoms with Crippen molar-refractivity contribution in [2.45, 2.75) is 12.8 Å². The van der Waals surface area contributed by atoms with E-state index in [0.29, 0.717) is 32.7 Å². The predicted octanol–water partition coefficient (Wildman–Crippen LogP) is 5.16. The van der Waals surface area contributed by atoms with Gasteiger partial charge in [0.15, 0.2) is 0 Å². The van der Waals surface area contributed by atoms with Crippen LogP contribution in [0.5, 0.6) is 0 Å². The van der Waals surface area contributed by atoms with Crippen molar-refractivity contribution in [3.8, 4) is 0 Å². The summed E-state index contributed by atoms with van der Waals surface area (Å²) in [5, 5.41) is 24.9. The summed E-state index contributed by atoms with van der Waals surface area (Å²) in [5.74, 6) is -0.0759. The van der Waals surface area contributed by atoms with Crippen molar-refractivity contribution in [3.05, 3.63) is 104 Å². The lowest BCUT2D eigenvalue weighted by Crippen LogP contribution is -2.07. The molecule has 0 aliphatic rings. The molecule has 30 heavy (non-hydrogen) atoms. The number of non-ortho nitro benzene ring substituents is 2. The zero-order chi connectivity index (χ0) is 21.3. The van der Waals surface area contributed by atoms with Crippen molar-refractivity contribution in [2.24, 2.45) is 0 Å². The van der Waals surface area contributed by atoms with Crippen molar-refractivity contribution in [1.29, 1.82) is 0 Å². The Bertz CT molecular complexity index is 1230. The Morgan fingerprint density at radius 3 is 1.37 bits per heavy atom. The van der Waals surface area contributed by atoms with Gasteiger partial charge in [0, 0.05) is 25.0 Å². The van der Waals surface area contributed by atoms with Crippen molar-refractivity contribution in [1.82, 2.24) is 0 Å². The lowest BCUT2D eigenvalue weighted by molar-refractivity contribution is -0.383. The average Bonchev–Trinajstić information content (AvgIpc) is 2.73. The van der Waals surface area contributed by atoms with E-state index in [0.717, 1.165) is 0 Å². The fourth-order valence-electron chi connectivity index (χ4n) is 3.83. The first-order chi connectivity index (χ1) is 14.5. The molecule has 0 atom stereocenters. The number of carbonyl (C=O) groups excluding carboxylic acids is 1. The zero-order valence-corrected chi connectivity index (χ0v) is 15.8. The second kappa shape index (κ2) is 7.71. The Balaban J connectivity index is 1.67. The Morgan fingerprint density at radius 1 is 0.600 bits per heavy atom. The molecule has 4 aromatic carbocycles. The van der Waals surface area contributed by atoms with Gasteiger partial charge >= 0.3 is 0 Å². The van der Waals surface area contributed by atoms with Crippen LogP contribution in [0.1, 0.15) is 11.1 Å². The van der Waals surface area contributed by atoms with Crippen LogP contribution in [0.2, 0.25) is 0 Å². The fraction of sp³-hybridized carbons (Fsp3) is 0.0870. The predicted molar refractivity (Wildman–Crippen MR) is 114 cm³/mol. The van der Waals surface area contributed by atoms with Gasteiger partial charge in [0.05, 0.1) is 20.6 Å². The molecule has 0 aliphatic carbocycles. The van der Waals surface area contributed by atoms with Gasteiger partial charge < -0.3 is 0 Å². The van der Waals surface area contributed by atoms with Crippen LogP contribution in [0, 0.1) is 20.2 Å². The molecule has 0 spiro atoms. The summed E-state index contributed by atoms with van der Waals surface area (Å²) < 4.78 is 0. The summed E-state index contributed by atoms with van der Waals surface area (Å²) in [5.41, 5.74) is 1.44. The summed E-state index contributed by atoms with van der Waals surface area (Å²) in [6.07, 6.45) is 0.230. The number of benzene rings is 4. The molecule has 0 aliphatic heterocycles. The second-order valence-electron chi connectivity index (χ2n) is 6.99. The summed E-state index contributed by atoms with van der Waals surface area (Å²) in [7, 11) is 0. The minimum absolute atomic E-state index is 0.00293. The van der Waals surface area contributed by atoms with E-state index in [9.17, 15) is 25.0 Å². The molecule has 0 amide bonds. The molecule has 4 rings (SSSR count). The lowest BCUT2D eigenvalue weighted by atomic mass is 9.95. The minimum atomic E-state index is -0.434. The van der Waals surface area contributed by atoms with Gasteiger partial charge in [-0.25, -0.2) is 0 Å². The molecular formula is C23H16N2O5. The summed E-state index contributed by atoms with van der Waals surface area (Å²) in [4.78, 5) is 34.5. The Kier molecular flexibility index (Phi) is 4.93. The van der Waals surface area contributed by atoms with E-state index in [2.05, 4.69) is 0 Å². The molecule has 4 aromatic rings. The molecule has 0 bridgehead atoms. The van der Waals surface area contributed by atoms with Crippen LogP contribution in [-0.4, -0.2) is 15.6 Å².